The van der Waals surface area contributed by atoms with Crippen molar-refractivity contribution >= 4 is 21.7 Å². The Morgan fingerprint density at radius 1 is 1.24 bits per heavy atom. The number of carbonyl (C=O) groups excluding carboxylic acids is 1. The highest BCUT2D eigenvalue weighted by atomic mass is 79.9. The highest BCUT2D eigenvalue weighted by Gasteiger charge is 2.20. The summed E-state index contributed by atoms with van der Waals surface area (Å²) in [4.78, 5) is 11.7. The van der Waals surface area contributed by atoms with Crippen molar-refractivity contribution in [2.75, 3.05) is 6.61 Å². The summed E-state index contributed by atoms with van der Waals surface area (Å²) in [5, 5.41) is 0. The van der Waals surface area contributed by atoms with Crippen molar-refractivity contribution < 1.29 is 9.53 Å². The Morgan fingerprint density at radius 3 is 2.35 bits per heavy atom. The molecule has 0 amide bonds. The zero-order chi connectivity index (χ0) is 12.9. The van der Waals surface area contributed by atoms with Crippen LogP contribution in [0.4, 0.5) is 0 Å². The van der Waals surface area contributed by atoms with Gasteiger partial charge in [-0.2, -0.15) is 0 Å². The lowest BCUT2D eigenvalue weighted by molar-refractivity contribution is -0.126. The summed E-state index contributed by atoms with van der Waals surface area (Å²) >= 11 is 3.37. The zero-order valence-corrected chi connectivity index (χ0v) is 12.2. The van der Waals surface area contributed by atoms with E-state index in [2.05, 4.69) is 15.9 Å². The molecule has 0 aliphatic heterocycles. The molecule has 0 atom stereocenters. The van der Waals surface area contributed by atoms with E-state index in [1.54, 1.807) is 0 Å². The van der Waals surface area contributed by atoms with E-state index < -0.39 is 0 Å². The van der Waals surface area contributed by atoms with Gasteiger partial charge in [0.2, 0.25) is 0 Å². The number of hydrogen-bond donors (Lipinski definition) is 0. The number of rotatable bonds is 5. The van der Waals surface area contributed by atoms with E-state index in [9.17, 15) is 4.79 Å². The maximum atomic E-state index is 11.7. The second kappa shape index (κ2) is 6.20. The summed E-state index contributed by atoms with van der Waals surface area (Å²) in [6, 6.07) is 7.70. The smallest absolute Gasteiger partial charge is 0.138 e. The molecule has 0 bridgehead atoms. The molecule has 1 aromatic rings. The summed E-state index contributed by atoms with van der Waals surface area (Å²) in [7, 11) is 0. The molecule has 94 valence electrons. The van der Waals surface area contributed by atoms with Crippen LogP contribution >= 0.6 is 15.9 Å². The van der Waals surface area contributed by atoms with Gasteiger partial charge in [0, 0.05) is 16.3 Å². The van der Waals surface area contributed by atoms with Gasteiger partial charge in [-0.15, -0.1) is 0 Å². The molecule has 0 saturated heterocycles. The quantitative estimate of drug-likeness (QED) is 0.761. The molecule has 0 saturated carbocycles. The fourth-order valence-electron chi connectivity index (χ4n) is 1.33. The molecule has 0 spiro atoms. The van der Waals surface area contributed by atoms with E-state index in [-0.39, 0.29) is 11.2 Å². The minimum atomic E-state index is -0.238. The molecule has 0 unspecified atom stereocenters. The predicted molar refractivity (Wildman–Crippen MR) is 73.3 cm³/mol. The van der Waals surface area contributed by atoms with Crippen molar-refractivity contribution in [3.63, 3.8) is 0 Å². The van der Waals surface area contributed by atoms with Crippen molar-refractivity contribution in [1.82, 2.24) is 0 Å². The maximum absolute atomic E-state index is 11.7. The van der Waals surface area contributed by atoms with E-state index in [1.165, 1.54) is 0 Å². The normalized spacial score (nSPS) is 11.3. The summed E-state index contributed by atoms with van der Waals surface area (Å²) in [5.74, 6) is 1.13. The van der Waals surface area contributed by atoms with Crippen molar-refractivity contribution in [2.45, 2.75) is 33.6 Å². The van der Waals surface area contributed by atoms with Gasteiger partial charge in [0.05, 0.1) is 6.61 Å². The van der Waals surface area contributed by atoms with Gasteiger partial charge < -0.3 is 4.74 Å². The van der Waals surface area contributed by atoms with Crippen LogP contribution in [-0.2, 0) is 4.79 Å². The lowest BCUT2D eigenvalue weighted by Gasteiger charge is -2.16. The molecule has 0 aliphatic rings. The molecular formula is C14H19BrO2. The van der Waals surface area contributed by atoms with Crippen LogP contribution in [-0.4, -0.2) is 12.4 Å². The third-order valence-electron chi connectivity index (χ3n) is 2.47. The van der Waals surface area contributed by atoms with Crippen LogP contribution in [0.25, 0.3) is 0 Å². The van der Waals surface area contributed by atoms with Crippen molar-refractivity contribution in [3.8, 4) is 5.75 Å². The van der Waals surface area contributed by atoms with E-state index in [0.29, 0.717) is 13.0 Å². The first-order valence-electron chi connectivity index (χ1n) is 5.81. The number of carbonyl (C=O) groups is 1. The second-order valence-corrected chi connectivity index (χ2v) is 5.99. The number of benzene rings is 1. The first-order valence-corrected chi connectivity index (χ1v) is 6.60. The van der Waals surface area contributed by atoms with Gasteiger partial charge in [-0.1, -0.05) is 36.7 Å². The third-order valence-corrected chi connectivity index (χ3v) is 3.00. The van der Waals surface area contributed by atoms with Crippen LogP contribution in [0.3, 0.4) is 0 Å². The van der Waals surface area contributed by atoms with Crippen molar-refractivity contribution in [3.05, 3.63) is 28.7 Å². The molecule has 0 fully saturated rings. The number of hydrogen-bond acceptors (Lipinski definition) is 2. The van der Waals surface area contributed by atoms with Crippen LogP contribution < -0.4 is 4.74 Å². The van der Waals surface area contributed by atoms with Gasteiger partial charge >= 0.3 is 0 Å². The van der Waals surface area contributed by atoms with Gasteiger partial charge in [-0.25, -0.2) is 0 Å². The fourth-order valence-corrected chi connectivity index (χ4v) is 1.59. The predicted octanol–water partition coefficient (Wildman–Crippen LogP) is 4.22. The summed E-state index contributed by atoms with van der Waals surface area (Å²) < 4.78 is 6.59. The Balaban J connectivity index is 2.25. The minimum absolute atomic E-state index is 0.238. The minimum Gasteiger partial charge on any atom is -0.494 e. The number of halogens is 1. The summed E-state index contributed by atoms with van der Waals surface area (Å²) in [6.07, 6.45) is 1.35. The van der Waals surface area contributed by atoms with Crippen molar-refractivity contribution in [2.24, 2.45) is 5.41 Å². The molecule has 0 aromatic heterocycles. The summed E-state index contributed by atoms with van der Waals surface area (Å²) in [6.45, 7) is 6.43. The van der Waals surface area contributed by atoms with Crippen LogP contribution in [0.1, 0.15) is 33.6 Å². The molecule has 0 radical (unpaired) electrons. The Labute approximate surface area is 111 Å². The van der Waals surface area contributed by atoms with Crippen LogP contribution in [0.15, 0.2) is 28.7 Å². The highest BCUT2D eigenvalue weighted by molar-refractivity contribution is 9.10. The van der Waals surface area contributed by atoms with E-state index in [4.69, 9.17) is 4.74 Å². The lowest BCUT2D eigenvalue weighted by atomic mass is 9.88. The molecule has 1 aromatic carbocycles. The molecule has 1 rings (SSSR count). The zero-order valence-electron chi connectivity index (χ0n) is 10.6. The highest BCUT2D eigenvalue weighted by Crippen LogP contribution is 2.19. The monoisotopic (exact) mass is 298 g/mol. The summed E-state index contributed by atoms with van der Waals surface area (Å²) in [5.41, 5.74) is -0.238. The Hall–Kier alpha value is -0.830. The largest absolute Gasteiger partial charge is 0.494 e. The topological polar surface area (TPSA) is 26.3 Å². The molecular weight excluding hydrogens is 280 g/mol. The third kappa shape index (κ3) is 5.35. The van der Waals surface area contributed by atoms with Gasteiger partial charge in [0.25, 0.3) is 0 Å². The second-order valence-electron chi connectivity index (χ2n) is 5.08. The van der Waals surface area contributed by atoms with Crippen LogP contribution in [0, 0.1) is 5.41 Å². The fraction of sp³-hybridized carbons (Fsp3) is 0.500. The first-order chi connectivity index (χ1) is 7.89. The average molecular weight is 299 g/mol. The number of ether oxygens (including phenoxy) is 1. The lowest BCUT2D eigenvalue weighted by Crippen LogP contribution is -2.20. The Morgan fingerprint density at radius 2 is 1.82 bits per heavy atom. The maximum Gasteiger partial charge on any atom is 0.138 e. The number of ketones is 1. The molecule has 0 aliphatic carbocycles. The SMILES string of the molecule is CC(C)(C)C(=O)CCCOc1ccc(Br)cc1. The van der Waals surface area contributed by atoms with Crippen LogP contribution in [0.5, 0.6) is 5.75 Å². The molecule has 3 heteroatoms. The van der Waals surface area contributed by atoms with E-state index >= 15 is 0 Å². The van der Waals surface area contributed by atoms with Gasteiger partial charge in [-0.3, -0.25) is 4.79 Å². The average Bonchev–Trinajstić information content (AvgIpc) is 2.25. The Kier molecular flexibility index (Phi) is 5.19. The standard InChI is InChI=1S/C14H19BrO2/c1-14(2,3)13(16)5-4-10-17-12-8-6-11(15)7-9-12/h6-9H,4-5,10H2,1-3H3. The van der Waals surface area contributed by atoms with E-state index in [0.717, 1.165) is 16.6 Å². The van der Waals surface area contributed by atoms with Gasteiger partial charge in [0.15, 0.2) is 0 Å². The Bertz CT molecular complexity index is 363. The van der Waals surface area contributed by atoms with Gasteiger partial charge in [0.1, 0.15) is 11.5 Å². The molecule has 0 N–H and O–H groups in total. The molecule has 2 nitrogen and oxygen atoms in total. The van der Waals surface area contributed by atoms with E-state index in [1.807, 2.05) is 45.0 Å². The van der Waals surface area contributed by atoms with Crippen LogP contribution in [0.2, 0.25) is 0 Å². The number of Topliss-reactive ketones (excluding diaryl/α,β-unsaturated/α-hetero) is 1. The first kappa shape index (κ1) is 14.2. The van der Waals surface area contributed by atoms with Gasteiger partial charge in [-0.05, 0) is 30.7 Å². The molecule has 17 heavy (non-hydrogen) atoms. The molecule has 0 heterocycles. The van der Waals surface area contributed by atoms with Crippen molar-refractivity contribution in [1.29, 1.82) is 0 Å².